The molecule has 2 unspecified atom stereocenters. The lowest BCUT2D eigenvalue weighted by Crippen LogP contribution is -2.40. The Morgan fingerprint density at radius 3 is 2.69 bits per heavy atom. The Morgan fingerprint density at radius 2 is 1.97 bits per heavy atom. The monoisotopic (exact) mass is 451 g/mol. The average molecular weight is 452 g/mol. The summed E-state index contributed by atoms with van der Waals surface area (Å²) in [6.07, 6.45) is 8.09. The standard InChI is InChI=1S/C27H30ClNO3/c1-4-31-25-15-26-22(23(16-32-26)19-9-11-20(28)12-10-19)14-21(25)18(3)13-27(30)29-24-8-6-5-7-17(24)2/h9-17,24H,4-8H2,1-3H3,(H,29,30)/b18-13+. The Hall–Kier alpha value is -2.72. The fraction of sp³-hybridized carbons (Fsp3) is 0.370. The minimum absolute atomic E-state index is 0.0473. The molecule has 4 nitrogen and oxygen atoms in total. The summed E-state index contributed by atoms with van der Waals surface area (Å²) in [5.74, 6) is 1.18. The van der Waals surface area contributed by atoms with E-state index in [0.717, 1.165) is 39.7 Å². The summed E-state index contributed by atoms with van der Waals surface area (Å²) in [5.41, 5.74) is 4.50. The Labute approximate surface area is 194 Å². The van der Waals surface area contributed by atoms with Crippen LogP contribution in [0.4, 0.5) is 0 Å². The third-order valence-electron chi connectivity index (χ3n) is 6.34. The summed E-state index contributed by atoms with van der Waals surface area (Å²) in [4.78, 5) is 12.8. The van der Waals surface area contributed by atoms with E-state index in [2.05, 4.69) is 18.3 Å². The molecule has 0 spiro atoms. The molecule has 1 heterocycles. The van der Waals surface area contributed by atoms with Crippen molar-refractivity contribution in [1.82, 2.24) is 5.32 Å². The number of carbonyl (C=O) groups excluding carboxylic acids is 1. The van der Waals surface area contributed by atoms with Crippen molar-refractivity contribution in [3.8, 4) is 16.9 Å². The van der Waals surface area contributed by atoms with E-state index in [1.807, 2.05) is 44.2 Å². The number of rotatable bonds is 6. The molecule has 2 atom stereocenters. The van der Waals surface area contributed by atoms with E-state index >= 15 is 0 Å². The number of amides is 1. The zero-order valence-electron chi connectivity index (χ0n) is 18.9. The molecule has 4 rings (SSSR count). The molecule has 1 saturated carbocycles. The van der Waals surface area contributed by atoms with Gasteiger partial charge in [0.2, 0.25) is 5.91 Å². The van der Waals surface area contributed by atoms with Gasteiger partial charge >= 0.3 is 0 Å². The van der Waals surface area contributed by atoms with Gasteiger partial charge in [-0.1, -0.05) is 43.5 Å². The smallest absolute Gasteiger partial charge is 0.244 e. The van der Waals surface area contributed by atoms with Crippen LogP contribution in [-0.4, -0.2) is 18.6 Å². The minimum atomic E-state index is -0.0473. The van der Waals surface area contributed by atoms with E-state index < -0.39 is 0 Å². The molecule has 1 aliphatic rings. The summed E-state index contributed by atoms with van der Waals surface area (Å²) in [5, 5.41) is 4.87. The summed E-state index contributed by atoms with van der Waals surface area (Å²) in [6.45, 7) is 6.66. The van der Waals surface area contributed by atoms with E-state index in [1.165, 1.54) is 19.3 Å². The number of fused-ring (bicyclic) bond motifs is 1. The van der Waals surface area contributed by atoms with Crippen LogP contribution in [0.2, 0.25) is 5.02 Å². The van der Waals surface area contributed by atoms with Crippen LogP contribution in [0.25, 0.3) is 27.7 Å². The van der Waals surface area contributed by atoms with E-state index in [9.17, 15) is 4.79 Å². The molecule has 0 bridgehead atoms. The van der Waals surface area contributed by atoms with Gasteiger partial charge in [0.25, 0.3) is 0 Å². The number of hydrogen-bond donors (Lipinski definition) is 1. The molecule has 32 heavy (non-hydrogen) atoms. The number of allylic oxidation sites excluding steroid dienone is 1. The second-order valence-electron chi connectivity index (χ2n) is 8.64. The molecule has 168 valence electrons. The van der Waals surface area contributed by atoms with E-state index in [4.69, 9.17) is 20.8 Å². The SMILES string of the molecule is CCOc1cc2occ(-c3ccc(Cl)cc3)c2cc1/C(C)=C/C(=O)NC1CCCCC1C. The molecule has 1 N–H and O–H groups in total. The predicted octanol–water partition coefficient (Wildman–Crippen LogP) is 7.25. The van der Waals surface area contributed by atoms with Crippen molar-refractivity contribution < 1.29 is 13.9 Å². The normalized spacial score (nSPS) is 19.2. The van der Waals surface area contributed by atoms with Crippen LogP contribution in [0.3, 0.4) is 0 Å². The zero-order valence-corrected chi connectivity index (χ0v) is 19.7. The van der Waals surface area contributed by atoms with Gasteiger partial charge in [0.05, 0.1) is 12.9 Å². The van der Waals surface area contributed by atoms with Gasteiger partial charge in [-0.05, 0) is 61.9 Å². The number of benzene rings is 2. The van der Waals surface area contributed by atoms with Gasteiger partial charge in [-0.2, -0.15) is 0 Å². The van der Waals surface area contributed by atoms with Gasteiger partial charge in [-0.25, -0.2) is 0 Å². The van der Waals surface area contributed by atoms with E-state index in [-0.39, 0.29) is 11.9 Å². The number of nitrogens with one attached hydrogen (secondary N) is 1. The summed E-state index contributed by atoms with van der Waals surface area (Å²) in [6, 6.07) is 11.9. The van der Waals surface area contributed by atoms with Gasteiger partial charge < -0.3 is 14.5 Å². The maximum Gasteiger partial charge on any atom is 0.244 e. The average Bonchev–Trinajstić information content (AvgIpc) is 3.18. The fourth-order valence-electron chi connectivity index (χ4n) is 4.52. The highest BCUT2D eigenvalue weighted by Gasteiger charge is 2.22. The van der Waals surface area contributed by atoms with Gasteiger partial charge in [0, 0.05) is 39.7 Å². The first kappa shape index (κ1) is 22.5. The molecule has 1 aliphatic carbocycles. The molecule has 1 aromatic heterocycles. The Kier molecular flexibility index (Phi) is 6.90. The molecular formula is C27H30ClNO3. The first-order valence-electron chi connectivity index (χ1n) is 11.4. The highest BCUT2D eigenvalue weighted by molar-refractivity contribution is 6.30. The quantitative estimate of drug-likeness (QED) is 0.401. The Balaban J connectivity index is 1.68. The largest absolute Gasteiger partial charge is 0.493 e. The molecule has 1 amide bonds. The molecule has 1 fully saturated rings. The topological polar surface area (TPSA) is 51.5 Å². The number of carbonyl (C=O) groups is 1. The van der Waals surface area contributed by atoms with Crippen LogP contribution in [0, 0.1) is 5.92 Å². The van der Waals surface area contributed by atoms with Gasteiger partial charge in [0.15, 0.2) is 0 Å². The molecule has 0 saturated heterocycles. The molecule has 5 heteroatoms. The highest BCUT2D eigenvalue weighted by atomic mass is 35.5. The van der Waals surface area contributed by atoms with Crippen molar-refractivity contribution >= 4 is 34.1 Å². The van der Waals surface area contributed by atoms with Crippen LogP contribution < -0.4 is 10.1 Å². The maximum absolute atomic E-state index is 12.8. The number of hydrogen-bond acceptors (Lipinski definition) is 3. The summed E-state index contributed by atoms with van der Waals surface area (Å²) in [7, 11) is 0. The van der Waals surface area contributed by atoms with Gasteiger partial charge in [0.1, 0.15) is 11.3 Å². The predicted molar refractivity (Wildman–Crippen MR) is 131 cm³/mol. The Morgan fingerprint density at radius 1 is 1.22 bits per heavy atom. The van der Waals surface area contributed by atoms with E-state index in [0.29, 0.717) is 23.3 Å². The molecule has 0 radical (unpaired) electrons. The van der Waals surface area contributed by atoms with Crippen LogP contribution in [0.5, 0.6) is 5.75 Å². The van der Waals surface area contributed by atoms with Crippen LogP contribution in [-0.2, 0) is 4.79 Å². The summed E-state index contributed by atoms with van der Waals surface area (Å²) >= 11 is 6.06. The van der Waals surface area contributed by atoms with Crippen LogP contribution in [0.1, 0.15) is 52.0 Å². The number of furan rings is 1. The molecule has 3 aromatic rings. The van der Waals surface area contributed by atoms with Crippen molar-refractivity contribution in [2.45, 2.75) is 52.5 Å². The molecule has 0 aliphatic heterocycles. The number of ether oxygens (including phenoxy) is 1. The number of halogens is 1. The van der Waals surface area contributed by atoms with Gasteiger partial charge in [-0.3, -0.25) is 4.79 Å². The molecule has 2 aromatic carbocycles. The van der Waals surface area contributed by atoms with E-state index in [1.54, 1.807) is 12.3 Å². The third kappa shape index (κ3) is 4.86. The van der Waals surface area contributed by atoms with Crippen molar-refractivity contribution in [2.24, 2.45) is 5.92 Å². The second kappa shape index (κ2) is 9.83. The zero-order chi connectivity index (χ0) is 22.7. The lowest BCUT2D eigenvalue weighted by molar-refractivity contribution is -0.117. The first-order chi connectivity index (χ1) is 15.5. The van der Waals surface area contributed by atoms with Gasteiger partial charge in [-0.15, -0.1) is 0 Å². The Bertz CT molecular complexity index is 1130. The van der Waals surface area contributed by atoms with Crippen molar-refractivity contribution in [3.63, 3.8) is 0 Å². The molecular weight excluding hydrogens is 422 g/mol. The second-order valence-corrected chi connectivity index (χ2v) is 9.07. The van der Waals surface area contributed by atoms with Crippen molar-refractivity contribution in [2.75, 3.05) is 6.61 Å². The highest BCUT2D eigenvalue weighted by Crippen LogP contribution is 2.37. The fourth-order valence-corrected chi connectivity index (χ4v) is 4.65. The van der Waals surface area contributed by atoms with Crippen LogP contribution >= 0.6 is 11.6 Å². The first-order valence-corrected chi connectivity index (χ1v) is 11.8. The van der Waals surface area contributed by atoms with Crippen molar-refractivity contribution in [3.05, 3.63) is 59.3 Å². The maximum atomic E-state index is 12.8. The summed E-state index contributed by atoms with van der Waals surface area (Å²) < 4.78 is 11.7. The lowest BCUT2D eigenvalue weighted by atomic mass is 9.86. The minimum Gasteiger partial charge on any atom is -0.493 e. The van der Waals surface area contributed by atoms with Crippen LogP contribution in [0.15, 0.2) is 53.2 Å². The lowest BCUT2D eigenvalue weighted by Gasteiger charge is -2.29. The van der Waals surface area contributed by atoms with Crippen molar-refractivity contribution in [1.29, 1.82) is 0 Å². The third-order valence-corrected chi connectivity index (χ3v) is 6.59.